The van der Waals surface area contributed by atoms with Crippen LogP contribution in [0.5, 0.6) is 0 Å². The molecule has 1 saturated carbocycles. The van der Waals surface area contributed by atoms with Gasteiger partial charge in [-0.3, -0.25) is 9.59 Å². The molecule has 3 N–H and O–H groups in total. The van der Waals surface area contributed by atoms with Crippen LogP contribution < -0.4 is 20.9 Å². The van der Waals surface area contributed by atoms with Gasteiger partial charge in [0.25, 0.3) is 0 Å². The third kappa shape index (κ3) is 4.38. The number of rotatable bonds is 6. The van der Waals surface area contributed by atoms with Gasteiger partial charge in [-0.05, 0) is 50.3 Å². The van der Waals surface area contributed by atoms with E-state index < -0.39 is 0 Å². The predicted octanol–water partition coefficient (Wildman–Crippen LogP) is 2.00. The largest absolute Gasteiger partial charge is 0.381 e. The number of carbonyl (C=O) groups excluding carboxylic acids is 2. The summed E-state index contributed by atoms with van der Waals surface area (Å²) in [6.07, 6.45) is 3.98. The fourth-order valence-corrected chi connectivity index (χ4v) is 4.68. The molecule has 2 fully saturated rings. The van der Waals surface area contributed by atoms with Crippen molar-refractivity contribution in [3.05, 3.63) is 23.8 Å². The molecule has 4 rings (SSSR count). The zero-order valence-corrected chi connectivity index (χ0v) is 18.1. The van der Waals surface area contributed by atoms with Crippen molar-refractivity contribution in [1.82, 2.24) is 5.32 Å². The van der Waals surface area contributed by atoms with Gasteiger partial charge in [-0.1, -0.05) is 6.07 Å². The standard InChI is InChI=1S/C23H34N4O3/c1-15-14-26(23(29)17-3-4-17)22-11-18(5-6-21(22)27(15)16(2)28)19(12-24)13-25-20-7-9-30-10-8-20/h5-6,11,15,17,19-20,25H,3-4,7-10,12-14,24H2,1-2H3/t15-,19?/m0/s1. The smallest absolute Gasteiger partial charge is 0.230 e. The fourth-order valence-electron chi connectivity index (χ4n) is 4.68. The Morgan fingerprint density at radius 1 is 1.20 bits per heavy atom. The SMILES string of the molecule is CC(=O)N1c2ccc(C(CN)CNC3CCOCC3)cc2N(C(=O)C2CC2)C[C@@H]1C. The molecule has 7 heteroatoms. The van der Waals surface area contributed by atoms with E-state index in [0.29, 0.717) is 19.1 Å². The van der Waals surface area contributed by atoms with Crippen molar-refractivity contribution in [2.75, 3.05) is 42.6 Å². The van der Waals surface area contributed by atoms with Crippen molar-refractivity contribution in [3.63, 3.8) is 0 Å². The van der Waals surface area contributed by atoms with Crippen molar-refractivity contribution < 1.29 is 14.3 Å². The Morgan fingerprint density at radius 3 is 2.57 bits per heavy atom. The van der Waals surface area contributed by atoms with Gasteiger partial charge in [-0.2, -0.15) is 0 Å². The van der Waals surface area contributed by atoms with E-state index in [1.807, 2.05) is 22.8 Å². The van der Waals surface area contributed by atoms with Crippen molar-refractivity contribution in [3.8, 4) is 0 Å². The highest BCUT2D eigenvalue weighted by atomic mass is 16.5. The molecule has 0 aromatic heterocycles. The summed E-state index contributed by atoms with van der Waals surface area (Å²) in [5.74, 6) is 0.485. The molecule has 3 aliphatic rings. The molecule has 1 aromatic rings. The minimum Gasteiger partial charge on any atom is -0.381 e. The van der Waals surface area contributed by atoms with Crippen molar-refractivity contribution in [1.29, 1.82) is 0 Å². The van der Waals surface area contributed by atoms with Crippen LogP contribution in [0.2, 0.25) is 0 Å². The zero-order chi connectivity index (χ0) is 21.3. The van der Waals surface area contributed by atoms with Crippen molar-refractivity contribution in [2.24, 2.45) is 11.7 Å². The van der Waals surface area contributed by atoms with Crippen LogP contribution in [0.25, 0.3) is 0 Å². The van der Waals surface area contributed by atoms with Gasteiger partial charge < -0.3 is 25.6 Å². The van der Waals surface area contributed by atoms with E-state index in [1.54, 1.807) is 6.92 Å². The summed E-state index contributed by atoms with van der Waals surface area (Å²) < 4.78 is 5.44. The lowest BCUT2D eigenvalue weighted by atomic mass is 9.95. The average Bonchev–Trinajstić information content (AvgIpc) is 3.59. The van der Waals surface area contributed by atoms with Gasteiger partial charge in [0.05, 0.1) is 17.4 Å². The highest BCUT2D eigenvalue weighted by Crippen LogP contribution is 2.41. The first-order valence-electron chi connectivity index (χ1n) is 11.3. The first kappa shape index (κ1) is 21.3. The summed E-state index contributed by atoms with van der Waals surface area (Å²) in [6.45, 7) is 7.07. The highest BCUT2D eigenvalue weighted by molar-refractivity contribution is 6.05. The number of nitrogens with one attached hydrogen (secondary N) is 1. The van der Waals surface area contributed by atoms with E-state index in [9.17, 15) is 9.59 Å². The minimum absolute atomic E-state index is 0.00609. The molecule has 2 atom stereocenters. The second kappa shape index (κ2) is 9.04. The number of amides is 2. The van der Waals surface area contributed by atoms with Crippen LogP contribution in [0.3, 0.4) is 0 Å². The molecule has 2 heterocycles. The van der Waals surface area contributed by atoms with E-state index in [1.165, 1.54) is 0 Å². The first-order valence-corrected chi connectivity index (χ1v) is 11.3. The Kier molecular flexibility index (Phi) is 6.41. The molecule has 1 aliphatic carbocycles. The lowest BCUT2D eigenvalue weighted by Gasteiger charge is -2.41. The van der Waals surface area contributed by atoms with Crippen LogP contribution in [0.4, 0.5) is 11.4 Å². The third-order valence-electron chi connectivity index (χ3n) is 6.60. The molecule has 1 aromatic carbocycles. The second-order valence-corrected chi connectivity index (χ2v) is 8.94. The summed E-state index contributed by atoms with van der Waals surface area (Å²) >= 11 is 0. The van der Waals surface area contributed by atoms with Gasteiger partial charge in [0.15, 0.2) is 0 Å². The molecule has 0 radical (unpaired) electrons. The normalized spacial score (nSPS) is 23.2. The first-order chi connectivity index (χ1) is 14.5. The number of benzene rings is 1. The lowest BCUT2D eigenvalue weighted by Crippen LogP contribution is -2.51. The van der Waals surface area contributed by atoms with Crippen LogP contribution in [0.1, 0.15) is 51.0 Å². The Labute approximate surface area is 178 Å². The molecule has 0 spiro atoms. The zero-order valence-electron chi connectivity index (χ0n) is 18.1. The van der Waals surface area contributed by atoms with Crippen molar-refractivity contribution >= 4 is 23.2 Å². The number of hydrogen-bond donors (Lipinski definition) is 2. The number of fused-ring (bicyclic) bond motifs is 1. The van der Waals surface area contributed by atoms with Crippen LogP contribution >= 0.6 is 0 Å². The van der Waals surface area contributed by atoms with Crippen LogP contribution in [0, 0.1) is 5.92 Å². The monoisotopic (exact) mass is 414 g/mol. The van der Waals surface area contributed by atoms with Gasteiger partial charge >= 0.3 is 0 Å². The molecule has 1 saturated heterocycles. The number of nitrogens with zero attached hydrogens (tertiary/aromatic N) is 2. The molecule has 1 unspecified atom stereocenters. The van der Waals surface area contributed by atoms with Crippen molar-refractivity contribution in [2.45, 2.75) is 57.5 Å². The second-order valence-electron chi connectivity index (χ2n) is 8.94. The number of carbonyl (C=O) groups is 2. The van der Waals surface area contributed by atoms with Crippen LogP contribution in [0.15, 0.2) is 18.2 Å². The Bertz CT molecular complexity index is 789. The van der Waals surface area contributed by atoms with Gasteiger partial charge in [-0.15, -0.1) is 0 Å². The quantitative estimate of drug-likeness (QED) is 0.743. The van der Waals surface area contributed by atoms with E-state index in [2.05, 4.69) is 17.4 Å². The average molecular weight is 415 g/mol. The Hall–Kier alpha value is -1.96. The molecule has 7 nitrogen and oxygen atoms in total. The number of anilines is 2. The van der Waals surface area contributed by atoms with Gasteiger partial charge in [0, 0.05) is 57.6 Å². The summed E-state index contributed by atoms with van der Waals surface area (Å²) in [4.78, 5) is 29.0. The summed E-state index contributed by atoms with van der Waals surface area (Å²) in [5, 5.41) is 3.64. The van der Waals surface area contributed by atoms with E-state index in [0.717, 1.165) is 62.4 Å². The summed E-state index contributed by atoms with van der Waals surface area (Å²) in [5.41, 5.74) is 8.93. The number of ether oxygens (including phenoxy) is 1. The third-order valence-corrected chi connectivity index (χ3v) is 6.60. The summed E-state index contributed by atoms with van der Waals surface area (Å²) in [7, 11) is 0. The maximum Gasteiger partial charge on any atom is 0.230 e. The van der Waals surface area contributed by atoms with E-state index >= 15 is 0 Å². The molecular formula is C23H34N4O3. The number of nitrogens with two attached hydrogens (primary N) is 1. The van der Waals surface area contributed by atoms with Crippen LogP contribution in [-0.2, 0) is 14.3 Å². The lowest BCUT2D eigenvalue weighted by molar-refractivity contribution is -0.120. The summed E-state index contributed by atoms with van der Waals surface area (Å²) in [6, 6.07) is 6.57. The maximum atomic E-state index is 13.0. The minimum atomic E-state index is -0.0379. The molecule has 2 amide bonds. The predicted molar refractivity (Wildman–Crippen MR) is 118 cm³/mol. The molecule has 164 valence electrons. The van der Waals surface area contributed by atoms with E-state index in [-0.39, 0.29) is 29.7 Å². The highest BCUT2D eigenvalue weighted by Gasteiger charge is 2.39. The van der Waals surface area contributed by atoms with Gasteiger partial charge in [0.1, 0.15) is 0 Å². The van der Waals surface area contributed by atoms with E-state index in [4.69, 9.17) is 10.5 Å². The topological polar surface area (TPSA) is 87.9 Å². The van der Waals surface area contributed by atoms with Crippen LogP contribution in [-0.4, -0.2) is 56.7 Å². The Morgan fingerprint density at radius 2 is 1.93 bits per heavy atom. The molecule has 2 aliphatic heterocycles. The van der Waals surface area contributed by atoms with Gasteiger partial charge in [0.2, 0.25) is 11.8 Å². The van der Waals surface area contributed by atoms with Gasteiger partial charge in [-0.25, -0.2) is 0 Å². The molecule has 0 bridgehead atoms. The molecular weight excluding hydrogens is 380 g/mol. The molecule has 30 heavy (non-hydrogen) atoms. The Balaban J connectivity index is 1.59. The fraction of sp³-hybridized carbons (Fsp3) is 0.652. The number of hydrogen-bond acceptors (Lipinski definition) is 5. The maximum absolute atomic E-state index is 13.0.